The van der Waals surface area contributed by atoms with Crippen molar-refractivity contribution >= 4 is 44.6 Å². The molecule has 0 saturated carbocycles. The van der Waals surface area contributed by atoms with Gasteiger partial charge in [-0.1, -0.05) is 0 Å². The highest BCUT2D eigenvalue weighted by Gasteiger charge is 2.09. The Balaban J connectivity index is 1.56. The first kappa shape index (κ1) is 19.0. The van der Waals surface area contributed by atoms with Crippen LogP contribution in [0.25, 0.3) is 20.8 Å². The Morgan fingerprint density at radius 2 is 1.66 bits per heavy atom. The molecule has 0 unspecified atom stereocenters. The molecule has 0 amide bonds. The fourth-order valence-electron chi connectivity index (χ4n) is 3.00. The molecule has 29 heavy (non-hydrogen) atoms. The largest absolute Gasteiger partial charge is 0.465 e. The standard InChI is InChI=1S/C23H21N3O2S/c1-26(2)19-11-6-15(7-12-19)22-25-20-14-18(10-13-21(20)29-22)24-17-8-4-16(5-9-17)23(27)28-3/h4-14,24H,1-3H3. The van der Waals surface area contributed by atoms with Crippen molar-refractivity contribution in [3.63, 3.8) is 0 Å². The number of methoxy groups -OCH3 is 1. The Bertz CT molecular complexity index is 1150. The Hall–Kier alpha value is -3.38. The summed E-state index contributed by atoms with van der Waals surface area (Å²) in [5.41, 5.74) is 5.61. The Morgan fingerprint density at radius 3 is 2.31 bits per heavy atom. The van der Waals surface area contributed by atoms with Gasteiger partial charge in [-0.2, -0.15) is 0 Å². The summed E-state index contributed by atoms with van der Waals surface area (Å²) < 4.78 is 5.87. The highest BCUT2D eigenvalue weighted by Crippen LogP contribution is 2.33. The highest BCUT2D eigenvalue weighted by molar-refractivity contribution is 7.21. The van der Waals surface area contributed by atoms with Gasteiger partial charge in [-0.3, -0.25) is 0 Å². The van der Waals surface area contributed by atoms with Crippen LogP contribution in [0.15, 0.2) is 66.7 Å². The van der Waals surface area contributed by atoms with E-state index in [1.54, 1.807) is 23.5 Å². The lowest BCUT2D eigenvalue weighted by Gasteiger charge is -2.11. The van der Waals surface area contributed by atoms with Crippen molar-refractivity contribution in [3.8, 4) is 10.6 Å². The number of nitrogens with zero attached hydrogens (tertiary/aromatic N) is 2. The van der Waals surface area contributed by atoms with Crippen LogP contribution in [0.1, 0.15) is 10.4 Å². The number of nitrogens with one attached hydrogen (secondary N) is 1. The maximum absolute atomic E-state index is 11.5. The molecule has 0 saturated heterocycles. The summed E-state index contributed by atoms with van der Waals surface area (Å²) in [6.07, 6.45) is 0. The van der Waals surface area contributed by atoms with Crippen molar-refractivity contribution in [2.75, 3.05) is 31.4 Å². The summed E-state index contributed by atoms with van der Waals surface area (Å²) in [6, 6.07) is 21.8. The number of aromatic nitrogens is 1. The number of carbonyl (C=O) groups excluding carboxylic acids is 1. The van der Waals surface area contributed by atoms with Crippen LogP contribution in [0, 0.1) is 0 Å². The molecule has 0 aliphatic rings. The molecule has 1 N–H and O–H groups in total. The minimum Gasteiger partial charge on any atom is -0.465 e. The lowest BCUT2D eigenvalue weighted by molar-refractivity contribution is 0.0601. The van der Waals surface area contributed by atoms with Gasteiger partial charge in [0.1, 0.15) is 5.01 Å². The second kappa shape index (κ2) is 7.93. The van der Waals surface area contributed by atoms with E-state index in [0.717, 1.165) is 32.2 Å². The number of benzene rings is 3. The van der Waals surface area contributed by atoms with E-state index in [0.29, 0.717) is 5.56 Å². The van der Waals surface area contributed by atoms with E-state index < -0.39 is 0 Å². The Kier molecular flexibility index (Phi) is 5.18. The zero-order chi connectivity index (χ0) is 20.4. The fraction of sp³-hybridized carbons (Fsp3) is 0.130. The lowest BCUT2D eigenvalue weighted by atomic mass is 10.2. The molecule has 4 rings (SSSR count). The lowest BCUT2D eigenvalue weighted by Crippen LogP contribution is -2.07. The first-order chi connectivity index (χ1) is 14.0. The predicted molar refractivity (Wildman–Crippen MR) is 120 cm³/mol. The zero-order valence-electron chi connectivity index (χ0n) is 16.5. The first-order valence-electron chi connectivity index (χ1n) is 9.17. The molecule has 3 aromatic carbocycles. The average molecular weight is 404 g/mol. The number of hydrogen-bond acceptors (Lipinski definition) is 6. The number of thiazole rings is 1. The van der Waals surface area contributed by atoms with Crippen LogP contribution in [-0.4, -0.2) is 32.2 Å². The summed E-state index contributed by atoms with van der Waals surface area (Å²) in [4.78, 5) is 18.4. The van der Waals surface area contributed by atoms with Crippen LogP contribution in [0.5, 0.6) is 0 Å². The number of anilines is 3. The maximum Gasteiger partial charge on any atom is 0.337 e. The molecule has 4 aromatic rings. The molecule has 0 spiro atoms. The van der Waals surface area contributed by atoms with Gasteiger partial charge < -0.3 is 15.0 Å². The molecule has 1 aromatic heterocycles. The number of hydrogen-bond donors (Lipinski definition) is 1. The molecule has 0 aliphatic heterocycles. The van der Waals surface area contributed by atoms with Gasteiger partial charge in [0.25, 0.3) is 0 Å². The molecule has 146 valence electrons. The monoisotopic (exact) mass is 403 g/mol. The highest BCUT2D eigenvalue weighted by atomic mass is 32.1. The Morgan fingerprint density at radius 1 is 0.966 bits per heavy atom. The smallest absolute Gasteiger partial charge is 0.337 e. The summed E-state index contributed by atoms with van der Waals surface area (Å²) in [5, 5.41) is 4.36. The number of esters is 1. The van der Waals surface area contributed by atoms with Crippen LogP contribution in [0.3, 0.4) is 0 Å². The molecule has 0 aliphatic carbocycles. The molecule has 0 atom stereocenters. The Labute approximate surface area is 173 Å². The minimum absolute atomic E-state index is 0.341. The van der Waals surface area contributed by atoms with Crippen molar-refractivity contribution in [1.29, 1.82) is 0 Å². The zero-order valence-corrected chi connectivity index (χ0v) is 17.3. The van der Waals surface area contributed by atoms with Gasteiger partial charge in [0.05, 0.1) is 22.9 Å². The van der Waals surface area contributed by atoms with E-state index in [1.165, 1.54) is 12.8 Å². The number of carbonyl (C=O) groups is 1. The minimum atomic E-state index is -0.341. The number of rotatable bonds is 5. The van der Waals surface area contributed by atoms with Crippen molar-refractivity contribution in [2.45, 2.75) is 0 Å². The van der Waals surface area contributed by atoms with Crippen molar-refractivity contribution in [2.24, 2.45) is 0 Å². The molecular formula is C23H21N3O2S. The predicted octanol–water partition coefficient (Wildman–Crippen LogP) is 5.56. The van der Waals surface area contributed by atoms with Crippen LogP contribution >= 0.6 is 11.3 Å². The summed E-state index contributed by atoms with van der Waals surface area (Å²) in [5.74, 6) is -0.341. The molecular weight excluding hydrogens is 382 g/mol. The van der Waals surface area contributed by atoms with Gasteiger partial charge >= 0.3 is 5.97 Å². The van der Waals surface area contributed by atoms with Crippen molar-refractivity contribution in [3.05, 3.63) is 72.3 Å². The van der Waals surface area contributed by atoms with Gasteiger partial charge in [-0.15, -0.1) is 11.3 Å². The maximum atomic E-state index is 11.5. The normalized spacial score (nSPS) is 10.7. The fourth-order valence-corrected chi connectivity index (χ4v) is 3.96. The number of fused-ring (bicyclic) bond motifs is 1. The SMILES string of the molecule is COC(=O)c1ccc(Nc2ccc3sc(-c4ccc(N(C)C)cc4)nc3c2)cc1. The molecule has 1 heterocycles. The summed E-state index contributed by atoms with van der Waals surface area (Å²) in [7, 11) is 5.44. The van der Waals surface area contributed by atoms with Crippen LogP contribution in [-0.2, 0) is 4.74 Å². The number of ether oxygens (including phenoxy) is 1. The van der Waals surface area contributed by atoms with E-state index in [1.807, 2.05) is 38.4 Å². The van der Waals surface area contributed by atoms with E-state index in [-0.39, 0.29) is 5.97 Å². The summed E-state index contributed by atoms with van der Waals surface area (Å²) >= 11 is 1.68. The first-order valence-corrected chi connectivity index (χ1v) is 9.99. The van der Waals surface area contributed by atoms with Crippen LogP contribution in [0.4, 0.5) is 17.1 Å². The second-order valence-corrected chi connectivity index (χ2v) is 7.87. The molecule has 5 nitrogen and oxygen atoms in total. The third kappa shape index (κ3) is 4.07. The average Bonchev–Trinajstić information content (AvgIpc) is 3.17. The molecule has 0 radical (unpaired) electrons. The quantitative estimate of drug-likeness (QED) is 0.442. The van der Waals surface area contributed by atoms with Gasteiger partial charge in [0, 0.05) is 36.7 Å². The second-order valence-electron chi connectivity index (χ2n) is 6.84. The van der Waals surface area contributed by atoms with E-state index in [4.69, 9.17) is 9.72 Å². The van der Waals surface area contributed by atoms with Crippen molar-refractivity contribution in [1.82, 2.24) is 4.98 Å². The third-order valence-corrected chi connectivity index (χ3v) is 5.70. The van der Waals surface area contributed by atoms with E-state index >= 15 is 0 Å². The van der Waals surface area contributed by atoms with Gasteiger partial charge in [0.2, 0.25) is 0 Å². The van der Waals surface area contributed by atoms with Gasteiger partial charge in [0.15, 0.2) is 0 Å². The van der Waals surface area contributed by atoms with Gasteiger partial charge in [-0.05, 0) is 66.7 Å². The molecule has 6 heteroatoms. The van der Waals surface area contributed by atoms with E-state index in [9.17, 15) is 4.79 Å². The molecule has 0 fully saturated rings. The van der Waals surface area contributed by atoms with Crippen LogP contribution in [0.2, 0.25) is 0 Å². The molecule has 0 bridgehead atoms. The topological polar surface area (TPSA) is 54.5 Å². The van der Waals surface area contributed by atoms with E-state index in [2.05, 4.69) is 40.5 Å². The van der Waals surface area contributed by atoms with Gasteiger partial charge in [-0.25, -0.2) is 9.78 Å². The van der Waals surface area contributed by atoms with Crippen molar-refractivity contribution < 1.29 is 9.53 Å². The third-order valence-electron chi connectivity index (χ3n) is 4.61. The summed E-state index contributed by atoms with van der Waals surface area (Å²) in [6.45, 7) is 0. The van der Waals surface area contributed by atoms with Crippen LogP contribution < -0.4 is 10.2 Å².